The number of methoxy groups -OCH3 is 1. The lowest BCUT2D eigenvalue weighted by atomic mass is 9.85. The first-order chi connectivity index (χ1) is 8.78. The van der Waals surface area contributed by atoms with E-state index in [4.69, 9.17) is 15.0 Å². The topological polar surface area (TPSA) is 74.2 Å². The zero-order valence-electron chi connectivity index (χ0n) is 10.2. The zero-order chi connectivity index (χ0) is 12.5. The van der Waals surface area contributed by atoms with Gasteiger partial charge in [-0.15, -0.1) is 0 Å². The highest BCUT2D eigenvalue weighted by atomic mass is 16.5. The van der Waals surface area contributed by atoms with E-state index < -0.39 is 0 Å². The van der Waals surface area contributed by atoms with Crippen LogP contribution in [0.4, 0.5) is 5.69 Å². The molecule has 0 amide bonds. The first-order valence-corrected chi connectivity index (χ1v) is 6.05. The molecule has 0 bridgehead atoms. The first-order valence-electron chi connectivity index (χ1n) is 6.05. The summed E-state index contributed by atoms with van der Waals surface area (Å²) >= 11 is 0. The maximum atomic E-state index is 5.86. The molecule has 1 heterocycles. The average molecular weight is 245 g/mol. The molecule has 1 aliphatic carbocycles. The third-order valence-corrected chi connectivity index (χ3v) is 3.39. The summed E-state index contributed by atoms with van der Waals surface area (Å²) in [6.45, 7) is 0. The van der Waals surface area contributed by atoms with Crippen LogP contribution in [0.2, 0.25) is 0 Å². The Morgan fingerprint density at radius 2 is 2.22 bits per heavy atom. The van der Waals surface area contributed by atoms with E-state index in [0.29, 0.717) is 23.2 Å². The second kappa shape index (κ2) is 4.33. The highest BCUT2D eigenvalue weighted by molar-refractivity contribution is 5.65. The van der Waals surface area contributed by atoms with Gasteiger partial charge >= 0.3 is 0 Å². The molecule has 5 heteroatoms. The SMILES string of the molecule is COc1ccc(-c2nc(C3CCC3)no2)cc1N. The number of nitrogens with two attached hydrogens (primary N) is 1. The van der Waals surface area contributed by atoms with Crippen LogP contribution in [-0.4, -0.2) is 17.3 Å². The van der Waals surface area contributed by atoms with Crippen LogP contribution in [0.1, 0.15) is 31.0 Å². The summed E-state index contributed by atoms with van der Waals surface area (Å²) in [7, 11) is 1.59. The van der Waals surface area contributed by atoms with Crippen molar-refractivity contribution in [2.45, 2.75) is 25.2 Å². The van der Waals surface area contributed by atoms with Crippen molar-refractivity contribution in [1.82, 2.24) is 10.1 Å². The molecule has 5 nitrogen and oxygen atoms in total. The molecule has 1 aromatic carbocycles. The smallest absolute Gasteiger partial charge is 0.258 e. The van der Waals surface area contributed by atoms with Crippen LogP contribution >= 0.6 is 0 Å². The van der Waals surface area contributed by atoms with Gasteiger partial charge in [-0.2, -0.15) is 4.98 Å². The van der Waals surface area contributed by atoms with Gasteiger partial charge in [0.05, 0.1) is 12.8 Å². The molecule has 1 fully saturated rings. The normalized spacial score (nSPS) is 15.4. The maximum absolute atomic E-state index is 5.86. The highest BCUT2D eigenvalue weighted by Crippen LogP contribution is 2.35. The lowest BCUT2D eigenvalue weighted by molar-refractivity contribution is 0.366. The summed E-state index contributed by atoms with van der Waals surface area (Å²) in [4.78, 5) is 4.42. The maximum Gasteiger partial charge on any atom is 0.258 e. The summed E-state index contributed by atoms with van der Waals surface area (Å²) in [5, 5.41) is 4.03. The summed E-state index contributed by atoms with van der Waals surface area (Å²) in [6, 6.07) is 5.46. The fourth-order valence-electron chi connectivity index (χ4n) is 2.05. The van der Waals surface area contributed by atoms with E-state index in [1.54, 1.807) is 19.2 Å². The number of nitrogen functional groups attached to an aromatic ring is 1. The van der Waals surface area contributed by atoms with Crippen molar-refractivity contribution >= 4 is 5.69 Å². The van der Waals surface area contributed by atoms with Gasteiger partial charge in [0.2, 0.25) is 0 Å². The van der Waals surface area contributed by atoms with E-state index >= 15 is 0 Å². The predicted octanol–water partition coefficient (Wildman–Crippen LogP) is 2.59. The molecule has 1 saturated carbocycles. The van der Waals surface area contributed by atoms with Gasteiger partial charge in [-0.1, -0.05) is 11.6 Å². The number of ether oxygens (including phenoxy) is 1. The molecular formula is C13H15N3O2. The summed E-state index contributed by atoms with van der Waals surface area (Å²) in [5.41, 5.74) is 7.25. The Balaban J connectivity index is 1.89. The van der Waals surface area contributed by atoms with Crippen LogP contribution in [0.15, 0.2) is 22.7 Å². The highest BCUT2D eigenvalue weighted by Gasteiger charge is 2.25. The Morgan fingerprint density at radius 3 is 2.83 bits per heavy atom. The lowest BCUT2D eigenvalue weighted by Crippen LogP contribution is -2.10. The Morgan fingerprint density at radius 1 is 1.39 bits per heavy atom. The Hall–Kier alpha value is -2.04. The third-order valence-electron chi connectivity index (χ3n) is 3.39. The predicted molar refractivity (Wildman–Crippen MR) is 67.3 cm³/mol. The molecule has 3 rings (SSSR count). The van der Waals surface area contributed by atoms with Gasteiger partial charge in [0.25, 0.3) is 5.89 Å². The molecule has 0 unspecified atom stereocenters. The van der Waals surface area contributed by atoms with E-state index in [1.165, 1.54) is 6.42 Å². The monoisotopic (exact) mass is 245 g/mol. The van der Waals surface area contributed by atoms with Crippen LogP contribution in [-0.2, 0) is 0 Å². The molecule has 2 aromatic rings. The molecule has 0 radical (unpaired) electrons. The van der Waals surface area contributed by atoms with Gasteiger partial charge in [0, 0.05) is 11.5 Å². The van der Waals surface area contributed by atoms with E-state index in [1.807, 2.05) is 6.07 Å². The molecule has 0 aliphatic heterocycles. The Bertz CT molecular complexity index is 561. The minimum Gasteiger partial charge on any atom is -0.495 e. The van der Waals surface area contributed by atoms with Crippen LogP contribution in [0, 0.1) is 0 Å². The minimum atomic E-state index is 0.470. The van der Waals surface area contributed by atoms with Crippen molar-refractivity contribution < 1.29 is 9.26 Å². The van der Waals surface area contributed by atoms with Gasteiger partial charge in [0.15, 0.2) is 5.82 Å². The number of benzene rings is 1. The Kier molecular flexibility index (Phi) is 2.66. The second-order valence-corrected chi connectivity index (χ2v) is 4.54. The van der Waals surface area contributed by atoms with E-state index in [9.17, 15) is 0 Å². The standard InChI is InChI=1S/C13H15N3O2/c1-17-11-6-5-9(7-10(11)14)13-15-12(16-18-13)8-3-2-4-8/h5-8H,2-4,14H2,1H3. The number of aromatic nitrogens is 2. The van der Waals surface area contributed by atoms with Crippen LogP contribution in [0.5, 0.6) is 5.75 Å². The largest absolute Gasteiger partial charge is 0.495 e. The van der Waals surface area contributed by atoms with Gasteiger partial charge < -0.3 is 15.0 Å². The van der Waals surface area contributed by atoms with Crippen molar-refractivity contribution in [2.75, 3.05) is 12.8 Å². The first kappa shape index (κ1) is 11.1. The number of nitrogens with zero attached hydrogens (tertiary/aromatic N) is 2. The van der Waals surface area contributed by atoms with Gasteiger partial charge in [-0.05, 0) is 31.0 Å². The van der Waals surface area contributed by atoms with Crippen molar-refractivity contribution in [3.8, 4) is 17.2 Å². The minimum absolute atomic E-state index is 0.470. The quantitative estimate of drug-likeness (QED) is 0.841. The molecule has 1 aliphatic rings. The van der Waals surface area contributed by atoms with E-state index in [0.717, 1.165) is 24.2 Å². The van der Waals surface area contributed by atoms with Crippen molar-refractivity contribution in [2.24, 2.45) is 0 Å². The summed E-state index contributed by atoms with van der Waals surface area (Å²) in [5.74, 6) is 2.45. The average Bonchev–Trinajstić information content (AvgIpc) is 2.76. The van der Waals surface area contributed by atoms with Crippen LogP contribution in [0.3, 0.4) is 0 Å². The molecule has 0 spiro atoms. The molecule has 94 valence electrons. The number of anilines is 1. The summed E-state index contributed by atoms with van der Waals surface area (Å²) < 4.78 is 10.4. The van der Waals surface area contributed by atoms with Crippen LogP contribution < -0.4 is 10.5 Å². The molecular weight excluding hydrogens is 230 g/mol. The number of rotatable bonds is 3. The lowest BCUT2D eigenvalue weighted by Gasteiger charge is -2.20. The van der Waals surface area contributed by atoms with E-state index in [2.05, 4.69) is 10.1 Å². The summed E-state index contributed by atoms with van der Waals surface area (Å²) in [6.07, 6.45) is 3.57. The molecule has 0 atom stereocenters. The number of hydrogen-bond acceptors (Lipinski definition) is 5. The molecule has 18 heavy (non-hydrogen) atoms. The van der Waals surface area contributed by atoms with Crippen molar-refractivity contribution in [3.63, 3.8) is 0 Å². The Labute approximate surface area is 105 Å². The third kappa shape index (κ3) is 1.81. The van der Waals surface area contributed by atoms with E-state index in [-0.39, 0.29) is 0 Å². The fourth-order valence-corrected chi connectivity index (χ4v) is 2.05. The molecule has 2 N–H and O–H groups in total. The van der Waals surface area contributed by atoms with Crippen molar-refractivity contribution in [3.05, 3.63) is 24.0 Å². The fraction of sp³-hybridized carbons (Fsp3) is 0.385. The molecule has 0 saturated heterocycles. The van der Waals surface area contributed by atoms with Gasteiger partial charge in [0.1, 0.15) is 5.75 Å². The van der Waals surface area contributed by atoms with Gasteiger partial charge in [-0.3, -0.25) is 0 Å². The van der Waals surface area contributed by atoms with Crippen LogP contribution in [0.25, 0.3) is 11.5 Å². The zero-order valence-corrected chi connectivity index (χ0v) is 10.2. The van der Waals surface area contributed by atoms with Crippen molar-refractivity contribution in [1.29, 1.82) is 0 Å². The number of hydrogen-bond donors (Lipinski definition) is 1. The second-order valence-electron chi connectivity index (χ2n) is 4.54. The molecule has 1 aromatic heterocycles. The van der Waals surface area contributed by atoms with Gasteiger partial charge in [-0.25, -0.2) is 0 Å².